The Morgan fingerprint density at radius 2 is 2.14 bits per heavy atom. The van der Waals surface area contributed by atoms with Crippen LogP contribution in [0.1, 0.15) is 24.1 Å². The molecule has 2 aliphatic rings. The van der Waals surface area contributed by atoms with E-state index in [0.29, 0.717) is 30.3 Å². The van der Waals surface area contributed by atoms with E-state index in [4.69, 9.17) is 16.3 Å². The SMILES string of the molecule is Cc1cc(Cl)ccc1OCC(=O)N1CC[C@H]2[C@@H]1CC(=O)N2CCc1ccnn1C. The molecule has 4 rings (SSSR count). The van der Waals surface area contributed by atoms with Gasteiger partial charge in [0, 0.05) is 49.9 Å². The molecule has 3 heterocycles. The van der Waals surface area contributed by atoms with Gasteiger partial charge in [0.25, 0.3) is 5.91 Å². The van der Waals surface area contributed by atoms with Gasteiger partial charge in [-0.05, 0) is 43.2 Å². The van der Waals surface area contributed by atoms with E-state index in [2.05, 4.69) is 5.10 Å². The van der Waals surface area contributed by atoms with Crippen molar-refractivity contribution in [3.05, 3.63) is 46.7 Å². The fourth-order valence-corrected chi connectivity index (χ4v) is 4.63. The first-order valence-electron chi connectivity index (χ1n) is 9.89. The lowest BCUT2D eigenvalue weighted by molar-refractivity contribution is -0.134. The number of aryl methyl sites for hydroxylation is 2. The quantitative estimate of drug-likeness (QED) is 0.724. The van der Waals surface area contributed by atoms with Crippen molar-refractivity contribution in [3.63, 3.8) is 0 Å². The van der Waals surface area contributed by atoms with Gasteiger partial charge in [0.15, 0.2) is 6.61 Å². The zero-order chi connectivity index (χ0) is 20.5. The minimum absolute atomic E-state index is 0.0328. The molecule has 2 saturated heterocycles. The molecule has 0 bridgehead atoms. The van der Waals surface area contributed by atoms with Gasteiger partial charge in [-0.15, -0.1) is 0 Å². The molecule has 2 fully saturated rings. The first kappa shape index (κ1) is 19.8. The normalized spacial score (nSPS) is 21.0. The molecule has 2 aliphatic heterocycles. The van der Waals surface area contributed by atoms with Gasteiger partial charge >= 0.3 is 0 Å². The number of halogens is 1. The van der Waals surface area contributed by atoms with Crippen LogP contribution in [0.4, 0.5) is 0 Å². The van der Waals surface area contributed by atoms with Crippen LogP contribution in [-0.4, -0.2) is 63.2 Å². The number of ether oxygens (including phenoxy) is 1. The van der Waals surface area contributed by atoms with Crippen molar-refractivity contribution in [2.24, 2.45) is 7.05 Å². The van der Waals surface area contributed by atoms with Gasteiger partial charge in [-0.25, -0.2) is 0 Å². The number of benzene rings is 1. The van der Waals surface area contributed by atoms with Crippen molar-refractivity contribution >= 4 is 23.4 Å². The number of rotatable bonds is 6. The summed E-state index contributed by atoms with van der Waals surface area (Å²) in [6.45, 7) is 3.18. The van der Waals surface area contributed by atoms with Gasteiger partial charge in [0.05, 0.1) is 12.1 Å². The molecule has 29 heavy (non-hydrogen) atoms. The lowest BCUT2D eigenvalue weighted by atomic mass is 10.1. The van der Waals surface area contributed by atoms with E-state index in [1.165, 1.54) is 0 Å². The van der Waals surface area contributed by atoms with Crippen LogP contribution in [0.15, 0.2) is 30.5 Å². The van der Waals surface area contributed by atoms with Crippen LogP contribution in [0.2, 0.25) is 5.02 Å². The van der Waals surface area contributed by atoms with E-state index < -0.39 is 0 Å². The molecule has 2 aromatic rings. The Morgan fingerprint density at radius 3 is 2.86 bits per heavy atom. The Labute approximate surface area is 175 Å². The summed E-state index contributed by atoms with van der Waals surface area (Å²) in [6, 6.07) is 7.34. The summed E-state index contributed by atoms with van der Waals surface area (Å²) < 4.78 is 7.55. The topological polar surface area (TPSA) is 67.7 Å². The Kier molecular flexibility index (Phi) is 5.50. The summed E-state index contributed by atoms with van der Waals surface area (Å²) in [5.41, 5.74) is 1.99. The monoisotopic (exact) mass is 416 g/mol. The third-order valence-corrected chi connectivity index (χ3v) is 6.19. The molecular formula is C21H25ClN4O3. The zero-order valence-corrected chi connectivity index (χ0v) is 17.4. The molecule has 0 spiro atoms. The Morgan fingerprint density at radius 1 is 1.31 bits per heavy atom. The second kappa shape index (κ2) is 8.06. The van der Waals surface area contributed by atoms with E-state index >= 15 is 0 Å². The predicted octanol–water partition coefficient (Wildman–Crippen LogP) is 2.21. The van der Waals surface area contributed by atoms with Crippen molar-refractivity contribution in [3.8, 4) is 5.75 Å². The number of hydrogen-bond donors (Lipinski definition) is 0. The number of amides is 2. The second-order valence-corrected chi connectivity index (χ2v) is 8.13. The third-order valence-electron chi connectivity index (χ3n) is 5.95. The Bertz CT molecular complexity index is 928. The standard InChI is InChI=1S/C21H25ClN4O3/c1-14-11-15(22)3-4-19(14)29-13-21(28)26-10-7-17-18(26)12-20(27)25(17)9-6-16-5-8-23-24(16)2/h3-5,8,11,17-18H,6-7,9-10,12-13H2,1-2H3/t17-,18-/m0/s1. The third kappa shape index (κ3) is 3.96. The lowest BCUT2D eigenvalue weighted by Crippen LogP contribution is -2.42. The molecule has 0 saturated carbocycles. The highest BCUT2D eigenvalue weighted by Crippen LogP contribution is 2.33. The predicted molar refractivity (Wildman–Crippen MR) is 109 cm³/mol. The average molecular weight is 417 g/mol. The number of carbonyl (C=O) groups is 2. The number of fused-ring (bicyclic) bond motifs is 1. The Hall–Kier alpha value is -2.54. The summed E-state index contributed by atoms with van der Waals surface area (Å²) in [4.78, 5) is 29.1. The number of nitrogens with zero attached hydrogens (tertiary/aromatic N) is 4. The minimum atomic E-state index is -0.0758. The number of aromatic nitrogens is 2. The van der Waals surface area contributed by atoms with Crippen LogP contribution in [0, 0.1) is 6.92 Å². The molecule has 2 atom stereocenters. The van der Waals surface area contributed by atoms with E-state index in [0.717, 1.165) is 24.1 Å². The molecule has 2 amide bonds. The number of likely N-dealkylation sites (tertiary alicyclic amines) is 2. The van der Waals surface area contributed by atoms with E-state index in [1.54, 1.807) is 18.3 Å². The van der Waals surface area contributed by atoms with Crippen molar-refractivity contribution in [1.29, 1.82) is 0 Å². The first-order chi connectivity index (χ1) is 13.9. The van der Waals surface area contributed by atoms with Crippen molar-refractivity contribution < 1.29 is 14.3 Å². The highest BCUT2D eigenvalue weighted by Gasteiger charge is 2.48. The first-order valence-corrected chi connectivity index (χ1v) is 10.3. The maximum Gasteiger partial charge on any atom is 0.260 e. The summed E-state index contributed by atoms with van der Waals surface area (Å²) >= 11 is 5.97. The van der Waals surface area contributed by atoms with Gasteiger partial charge in [-0.1, -0.05) is 11.6 Å². The summed E-state index contributed by atoms with van der Waals surface area (Å²) in [7, 11) is 1.91. The second-order valence-electron chi connectivity index (χ2n) is 7.70. The lowest BCUT2D eigenvalue weighted by Gasteiger charge is -2.25. The van der Waals surface area contributed by atoms with Crippen LogP contribution in [-0.2, 0) is 23.1 Å². The molecule has 0 N–H and O–H groups in total. The average Bonchev–Trinajstić information content (AvgIpc) is 3.35. The Balaban J connectivity index is 1.35. The molecule has 8 heteroatoms. The molecule has 0 radical (unpaired) electrons. The molecule has 1 aromatic heterocycles. The molecule has 7 nitrogen and oxygen atoms in total. The maximum absolute atomic E-state index is 12.8. The van der Waals surface area contributed by atoms with Crippen LogP contribution in [0.25, 0.3) is 0 Å². The highest BCUT2D eigenvalue weighted by molar-refractivity contribution is 6.30. The van der Waals surface area contributed by atoms with Crippen molar-refractivity contribution in [1.82, 2.24) is 19.6 Å². The number of carbonyl (C=O) groups excluding carboxylic acids is 2. The summed E-state index contributed by atoms with van der Waals surface area (Å²) in [6.07, 6.45) is 3.73. The van der Waals surface area contributed by atoms with Crippen molar-refractivity contribution in [2.45, 2.75) is 38.3 Å². The fraction of sp³-hybridized carbons (Fsp3) is 0.476. The zero-order valence-electron chi connectivity index (χ0n) is 16.7. The van der Waals surface area contributed by atoms with Gasteiger partial charge in [-0.3, -0.25) is 14.3 Å². The van der Waals surface area contributed by atoms with Gasteiger partial charge in [-0.2, -0.15) is 5.10 Å². The van der Waals surface area contributed by atoms with Gasteiger partial charge < -0.3 is 14.5 Å². The van der Waals surface area contributed by atoms with Gasteiger partial charge in [0.1, 0.15) is 5.75 Å². The molecule has 154 valence electrons. The molecular weight excluding hydrogens is 392 g/mol. The van der Waals surface area contributed by atoms with Crippen molar-refractivity contribution in [2.75, 3.05) is 19.7 Å². The fourth-order valence-electron chi connectivity index (χ4n) is 4.41. The largest absolute Gasteiger partial charge is 0.483 e. The molecule has 0 aliphatic carbocycles. The summed E-state index contributed by atoms with van der Waals surface area (Å²) in [5, 5.41) is 4.82. The van der Waals surface area contributed by atoms with Crippen LogP contribution in [0.5, 0.6) is 5.75 Å². The summed E-state index contributed by atoms with van der Waals surface area (Å²) in [5.74, 6) is 0.695. The maximum atomic E-state index is 12.8. The minimum Gasteiger partial charge on any atom is -0.483 e. The molecule has 1 aromatic carbocycles. The van der Waals surface area contributed by atoms with Gasteiger partial charge in [0.2, 0.25) is 5.91 Å². The highest BCUT2D eigenvalue weighted by atomic mass is 35.5. The van der Waals surface area contributed by atoms with Crippen LogP contribution in [0.3, 0.4) is 0 Å². The number of hydrogen-bond acceptors (Lipinski definition) is 4. The molecule has 0 unspecified atom stereocenters. The van der Waals surface area contributed by atoms with E-state index in [-0.39, 0.29) is 30.5 Å². The van der Waals surface area contributed by atoms with E-state index in [9.17, 15) is 9.59 Å². The van der Waals surface area contributed by atoms with Crippen LogP contribution >= 0.6 is 11.6 Å². The smallest absolute Gasteiger partial charge is 0.260 e. The van der Waals surface area contributed by atoms with Crippen LogP contribution < -0.4 is 4.74 Å². The van der Waals surface area contributed by atoms with E-state index in [1.807, 2.05) is 40.6 Å².